The molecule has 0 spiro atoms. The summed E-state index contributed by atoms with van der Waals surface area (Å²) in [6.07, 6.45) is 4.12. The van der Waals surface area contributed by atoms with Crippen molar-refractivity contribution in [1.82, 2.24) is 0 Å². The van der Waals surface area contributed by atoms with Crippen LogP contribution in [0.3, 0.4) is 0 Å². The number of ether oxygens (including phenoxy) is 3. The van der Waals surface area contributed by atoms with Gasteiger partial charge in [-0.05, 0) is 25.5 Å². The van der Waals surface area contributed by atoms with Gasteiger partial charge in [-0.25, -0.2) is 0 Å². The lowest BCUT2D eigenvalue weighted by Gasteiger charge is -2.45. The van der Waals surface area contributed by atoms with Crippen LogP contribution in [0, 0.1) is 5.41 Å². The fraction of sp³-hybridized carbons (Fsp3) is 0.700. The maximum atomic E-state index is 11.0. The van der Waals surface area contributed by atoms with Crippen LogP contribution in [0.1, 0.15) is 53.4 Å². The van der Waals surface area contributed by atoms with Gasteiger partial charge < -0.3 is 14.2 Å². The van der Waals surface area contributed by atoms with Crippen molar-refractivity contribution >= 4 is 10.1 Å². The quantitative estimate of drug-likeness (QED) is 0.284. The average molecular weight is 403 g/mol. The van der Waals surface area contributed by atoms with Crippen molar-refractivity contribution in [3.05, 3.63) is 30.3 Å². The van der Waals surface area contributed by atoms with Crippen LogP contribution in [0.2, 0.25) is 0 Å². The van der Waals surface area contributed by atoms with Crippen molar-refractivity contribution in [2.75, 3.05) is 25.6 Å². The van der Waals surface area contributed by atoms with E-state index in [2.05, 4.69) is 20.8 Å². The molecule has 27 heavy (non-hydrogen) atoms. The third-order valence-electron chi connectivity index (χ3n) is 4.62. The summed E-state index contributed by atoms with van der Waals surface area (Å²) in [6.45, 7) is 8.55. The second-order valence-corrected chi connectivity index (χ2v) is 8.85. The number of hydrogen-bond acceptors (Lipinski definition) is 5. The van der Waals surface area contributed by atoms with Gasteiger partial charge in [0.25, 0.3) is 10.1 Å². The Labute approximate surface area is 164 Å². The first-order chi connectivity index (χ1) is 12.7. The fourth-order valence-electron chi connectivity index (χ4n) is 2.92. The van der Waals surface area contributed by atoms with Crippen LogP contribution in [-0.4, -0.2) is 44.3 Å². The molecule has 1 unspecified atom stereocenters. The van der Waals surface area contributed by atoms with Gasteiger partial charge in [0.15, 0.2) is 0 Å². The minimum absolute atomic E-state index is 0.0599. The largest absolute Gasteiger partial charge is 0.459 e. The van der Waals surface area contributed by atoms with Crippen LogP contribution in [0.5, 0.6) is 5.75 Å². The lowest BCUT2D eigenvalue weighted by Crippen LogP contribution is -2.55. The van der Waals surface area contributed by atoms with E-state index in [0.29, 0.717) is 12.4 Å². The molecule has 0 aliphatic rings. The van der Waals surface area contributed by atoms with Gasteiger partial charge in [0.05, 0.1) is 12.4 Å². The molecule has 1 rings (SSSR count). The predicted molar refractivity (Wildman–Crippen MR) is 107 cm³/mol. The lowest BCUT2D eigenvalue weighted by atomic mass is 9.78. The van der Waals surface area contributed by atoms with Gasteiger partial charge >= 0.3 is 0 Å². The van der Waals surface area contributed by atoms with E-state index in [1.54, 1.807) is 0 Å². The normalized spacial score (nSPS) is 14.7. The van der Waals surface area contributed by atoms with E-state index in [1.165, 1.54) is 0 Å². The Balaban J connectivity index is 3.04. The molecule has 6 nitrogen and oxygen atoms in total. The van der Waals surface area contributed by atoms with E-state index in [-0.39, 0.29) is 18.6 Å². The van der Waals surface area contributed by atoms with Crippen LogP contribution in [-0.2, 0) is 19.6 Å². The van der Waals surface area contributed by atoms with Crippen molar-refractivity contribution in [1.29, 1.82) is 0 Å². The van der Waals surface area contributed by atoms with Gasteiger partial charge in [-0.3, -0.25) is 4.55 Å². The van der Waals surface area contributed by atoms with Crippen LogP contribution in [0.25, 0.3) is 0 Å². The van der Waals surface area contributed by atoms with Crippen LogP contribution in [0.4, 0.5) is 0 Å². The van der Waals surface area contributed by atoms with Crippen molar-refractivity contribution in [2.45, 2.75) is 59.2 Å². The summed E-state index contributed by atoms with van der Waals surface area (Å²) in [5, 5.41) is 0. The number of unbranched alkanes of at least 4 members (excludes halogenated alkanes) is 2. The zero-order valence-corrected chi connectivity index (χ0v) is 17.8. The minimum Gasteiger partial charge on any atom is -0.459 e. The lowest BCUT2D eigenvalue weighted by molar-refractivity contribution is -0.270. The zero-order valence-electron chi connectivity index (χ0n) is 16.9. The third-order valence-corrected chi connectivity index (χ3v) is 5.30. The van der Waals surface area contributed by atoms with Gasteiger partial charge in [-0.2, -0.15) is 8.42 Å². The first-order valence-corrected chi connectivity index (χ1v) is 11.2. The zero-order chi connectivity index (χ0) is 20.4. The van der Waals surface area contributed by atoms with Gasteiger partial charge in [0, 0.05) is 12.0 Å². The summed E-state index contributed by atoms with van der Waals surface area (Å²) in [7, 11) is -4.07. The molecule has 0 aliphatic carbocycles. The summed E-state index contributed by atoms with van der Waals surface area (Å²) in [4.78, 5) is 0. The molecule has 0 radical (unpaired) electrons. The van der Waals surface area contributed by atoms with Crippen molar-refractivity contribution in [2.24, 2.45) is 5.41 Å². The van der Waals surface area contributed by atoms with Gasteiger partial charge in [-0.1, -0.05) is 58.2 Å². The van der Waals surface area contributed by atoms with Crippen molar-refractivity contribution in [3.8, 4) is 5.75 Å². The Morgan fingerprint density at radius 3 is 2.30 bits per heavy atom. The molecule has 0 aromatic heterocycles. The Bertz CT molecular complexity index is 629. The molecule has 156 valence electrons. The molecule has 0 bridgehead atoms. The summed E-state index contributed by atoms with van der Waals surface area (Å²) in [6, 6.07) is 9.39. The van der Waals surface area contributed by atoms with Crippen molar-refractivity contribution in [3.63, 3.8) is 0 Å². The average Bonchev–Trinajstić information content (AvgIpc) is 2.59. The van der Waals surface area contributed by atoms with E-state index >= 15 is 0 Å². The fourth-order valence-corrected chi connectivity index (χ4v) is 3.25. The molecule has 0 aliphatic heterocycles. The Morgan fingerprint density at radius 2 is 1.74 bits per heavy atom. The number of para-hydroxylation sites is 1. The molecule has 1 atom stereocenters. The standard InChI is InChI=1S/C20H34O6S/c1-5-7-11-14-19(3,4)20(25-6-2,17-24-15-16-27(21,22)23)26-18-12-9-8-10-13-18/h8-10,12-13H,5-7,11,14-17H2,1-4H3,(H,21,22,23). The highest BCUT2D eigenvalue weighted by molar-refractivity contribution is 7.85. The Kier molecular flexibility index (Phi) is 9.73. The van der Waals surface area contributed by atoms with Crippen LogP contribution < -0.4 is 4.74 Å². The molecule has 0 amide bonds. The van der Waals surface area contributed by atoms with Crippen LogP contribution >= 0.6 is 0 Å². The van der Waals surface area contributed by atoms with E-state index in [9.17, 15) is 8.42 Å². The second-order valence-electron chi connectivity index (χ2n) is 7.28. The topological polar surface area (TPSA) is 82.1 Å². The maximum absolute atomic E-state index is 11.0. The maximum Gasteiger partial charge on any atom is 0.267 e. The Morgan fingerprint density at radius 1 is 1.07 bits per heavy atom. The molecular formula is C20H34O6S. The third kappa shape index (κ3) is 8.17. The summed E-state index contributed by atoms with van der Waals surface area (Å²) < 4.78 is 48.8. The van der Waals surface area contributed by atoms with E-state index in [0.717, 1.165) is 25.7 Å². The molecule has 0 heterocycles. The first-order valence-electron chi connectivity index (χ1n) is 9.56. The smallest absolute Gasteiger partial charge is 0.267 e. The van der Waals surface area contributed by atoms with Gasteiger partial charge in [0.1, 0.15) is 12.4 Å². The molecule has 7 heteroatoms. The first kappa shape index (κ1) is 23.9. The number of benzene rings is 1. The molecule has 0 fully saturated rings. The summed E-state index contributed by atoms with van der Waals surface area (Å²) in [5.41, 5.74) is -0.383. The summed E-state index contributed by atoms with van der Waals surface area (Å²) >= 11 is 0. The van der Waals surface area contributed by atoms with E-state index in [4.69, 9.17) is 18.8 Å². The Hall–Kier alpha value is -1.15. The molecule has 0 saturated carbocycles. The van der Waals surface area contributed by atoms with Crippen LogP contribution in [0.15, 0.2) is 30.3 Å². The highest BCUT2D eigenvalue weighted by Crippen LogP contribution is 2.41. The highest BCUT2D eigenvalue weighted by Gasteiger charge is 2.48. The molecule has 0 saturated heterocycles. The highest BCUT2D eigenvalue weighted by atomic mass is 32.2. The van der Waals surface area contributed by atoms with E-state index in [1.807, 2.05) is 37.3 Å². The van der Waals surface area contributed by atoms with Gasteiger partial charge in [0.2, 0.25) is 5.79 Å². The molecular weight excluding hydrogens is 368 g/mol. The molecule has 1 aromatic rings. The number of hydrogen-bond donors (Lipinski definition) is 1. The van der Waals surface area contributed by atoms with E-state index < -0.39 is 21.7 Å². The van der Waals surface area contributed by atoms with Crippen molar-refractivity contribution < 1.29 is 27.2 Å². The SMILES string of the molecule is CCCCCC(C)(C)C(COCCS(=O)(=O)O)(OCC)Oc1ccccc1. The second kappa shape index (κ2) is 11.0. The molecule has 1 aromatic carbocycles. The predicted octanol–water partition coefficient (Wildman–Crippen LogP) is 4.31. The summed E-state index contributed by atoms with van der Waals surface area (Å²) in [5.74, 6) is -0.875. The minimum atomic E-state index is -4.07. The molecule has 1 N–H and O–H groups in total. The van der Waals surface area contributed by atoms with Gasteiger partial charge in [-0.15, -0.1) is 0 Å². The monoisotopic (exact) mass is 402 g/mol. The number of rotatable bonds is 14.